The largest absolute Gasteiger partial charge is 0.348 e. The third kappa shape index (κ3) is 1.96. The molecular formula is C16H17N5. The van der Waals surface area contributed by atoms with Crippen molar-refractivity contribution in [3.8, 4) is 0 Å². The topological polar surface area (TPSA) is 46.8 Å². The standard InChI is InChI=1S/C16H17N5/c1-20-11-19-14-15(20)17-10-18-16(14)21-9-5-8-13(21)12-6-3-2-4-7-12/h2-4,6-7,10-11,13H,5,8-9H2,1H3. The summed E-state index contributed by atoms with van der Waals surface area (Å²) in [7, 11) is 1.96. The molecule has 1 fully saturated rings. The molecule has 1 atom stereocenters. The van der Waals surface area contributed by atoms with Gasteiger partial charge >= 0.3 is 0 Å². The number of fused-ring (bicyclic) bond motifs is 1. The zero-order chi connectivity index (χ0) is 14.2. The van der Waals surface area contributed by atoms with Crippen molar-refractivity contribution in [1.82, 2.24) is 19.5 Å². The van der Waals surface area contributed by atoms with E-state index in [1.54, 1.807) is 12.7 Å². The Hall–Kier alpha value is -2.43. The zero-order valence-electron chi connectivity index (χ0n) is 12.0. The van der Waals surface area contributed by atoms with E-state index in [1.165, 1.54) is 12.0 Å². The first-order valence-electron chi connectivity index (χ1n) is 7.28. The lowest BCUT2D eigenvalue weighted by Crippen LogP contribution is -2.24. The van der Waals surface area contributed by atoms with Gasteiger partial charge in [-0.1, -0.05) is 30.3 Å². The average molecular weight is 279 g/mol. The maximum Gasteiger partial charge on any atom is 0.165 e. The Morgan fingerprint density at radius 1 is 1.10 bits per heavy atom. The molecule has 0 spiro atoms. The molecule has 21 heavy (non-hydrogen) atoms. The van der Waals surface area contributed by atoms with Crippen LogP contribution in [-0.4, -0.2) is 26.1 Å². The summed E-state index contributed by atoms with van der Waals surface area (Å²) in [5.74, 6) is 0.951. The molecule has 0 N–H and O–H groups in total. The van der Waals surface area contributed by atoms with E-state index in [0.29, 0.717) is 6.04 Å². The van der Waals surface area contributed by atoms with E-state index in [2.05, 4.69) is 50.2 Å². The Bertz CT molecular complexity index is 765. The van der Waals surface area contributed by atoms with Crippen molar-refractivity contribution in [3.63, 3.8) is 0 Å². The van der Waals surface area contributed by atoms with Gasteiger partial charge in [0.2, 0.25) is 0 Å². The van der Waals surface area contributed by atoms with Crippen molar-refractivity contribution in [1.29, 1.82) is 0 Å². The molecule has 1 unspecified atom stereocenters. The molecule has 0 aliphatic carbocycles. The number of imidazole rings is 1. The van der Waals surface area contributed by atoms with Gasteiger partial charge in [-0.3, -0.25) is 0 Å². The number of benzene rings is 1. The van der Waals surface area contributed by atoms with Crippen molar-refractivity contribution < 1.29 is 0 Å². The summed E-state index contributed by atoms with van der Waals surface area (Å²) in [5, 5.41) is 0. The number of anilines is 1. The van der Waals surface area contributed by atoms with Crippen LogP contribution in [0.5, 0.6) is 0 Å². The molecule has 0 bridgehead atoms. The Kier molecular flexibility index (Phi) is 2.84. The molecule has 4 rings (SSSR count). The van der Waals surface area contributed by atoms with E-state index >= 15 is 0 Å². The van der Waals surface area contributed by atoms with Gasteiger partial charge in [0.25, 0.3) is 0 Å². The minimum atomic E-state index is 0.381. The lowest BCUT2D eigenvalue weighted by molar-refractivity contribution is 0.712. The van der Waals surface area contributed by atoms with Crippen molar-refractivity contribution in [2.45, 2.75) is 18.9 Å². The molecular weight excluding hydrogens is 262 g/mol. The van der Waals surface area contributed by atoms with E-state index < -0.39 is 0 Å². The third-order valence-corrected chi connectivity index (χ3v) is 4.19. The van der Waals surface area contributed by atoms with Crippen LogP contribution in [0.25, 0.3) is 11.2 Å². The van der Waals surface area contributed by atoms with Gasteiger partial charge in [-0.2, -0.15) is 0 Å². The number of aromatic nitrogens is 4. The highest BCUT2D eigenvalue weighted by molar-refractivity contribution is 5.83. The molecule has 0 saturated carbocycles. The highest BCUT2D eigenvalue weighted by Crippen LogP contribution is 2.37. The fourth-order valence-electron chi connectivity index (χ4n) is 3.19. The van der Waals surface area contributed by atoms with Crippen LogP contribution in [0.1, 0.15) is 24.4 Å². The van der Waals surface area contributed by atoms with E-state index in [9.17, 15) is 0 Å². The van der Waals surface area contributed by atoms with Crippen molar-refractivity contribution in [3.05, 3.63) is 48.5 Å². The number of hydrogen-bond acceptors (Lipinski definition) is 4. The second kappa shape index (κ2) is 4.84. The zero-order valence-corrected chi connectivity index (χ0v) is 12.0. The normalized spacial score (nSPS) is 18.5. The highest BCUT2D eigenvalue weighted by atomic mass is 15.3. The fraction of sp³-hybridized carbons (Fsp3) is 0.312. The molecule has 3 aromatic rings. The van der Waals surface area contributed by atoms with Crippen LogP contribution in [0.15, 0.2) is 43.0 Å². The van der Waals surface area contributed by atoms with E-state index in [1.807, 2.05) is 11.6 Å². The summed E-state index contributed by atoms with van der Waals surface area (Å²) in [6.45, 7) is 1.02. The number of rotatable bonds is 2. The van der Waals surface area contributed by atoms with Crippen molar-refractivity contribution >= 4 is 17.0 Å². The van der Waals surface area contributed by atoms with Gasteiger partial charge in [-0.25, -0.2) is 15.0 Å². The molecule has 0 amide bonds. The average Bonchev–Trinajstić information content (AvgIpc) is 3.15. The first kappa shape index (κ1) is 12.3. The van der Waals surface area contributed by atoms with E-state index in [0.717, 1.165) is 29.9 Å². The molecule has 1 saturated heterocycles. The van der Waals surface area contributed by atoms with Crippen LogP contribution in [-0.2, 0) is 7.05 Å². The Morgan fingerprint density at radius 2 is 1.95 bits per heavy atom. The third-order valence-electron chi connectivity index (χ3n) is 4.19. The molecule has 1 aromatic carbocycles. The second-order valence-electron chi connectivity index (χ2n) is 5.49. The first-order valence-corrected chi connectivity index (χ1v) is 7.28. The smallest absolute Gasteiger partial charge is 0.165 e. The molecule has 5 heteroatoms. The highest BCUT2D eigenvalue weighted by Gasteiger charge is 2.29. The fourth-order valence-corrected chi connectivity index (χ4v) is 3.19. The number of nitrogens with zero attached hydrogens (tertiary/aromatic N) is 5. The van der Waals surface area contributed by atoms with Crippen LogP contribution >= 0.6 is 0 Å². The summed E-state index contributed by atoms with van der Waals surface area (Å²) in [4.78, 5) is 15.7. The summed E-state index contributed by atoms with van der Waals surface area (Å²) in [6, 6.07) is 11.0. The summed E-state index contributed by atoms with van der Waals surface area (Å²) in [5.41, 5.74) is 3.12. The predicted octanol–water partition coefficient (Wildman–Crippen LogP) is 2.70. The van der Waals surface area contributed by atoms with Gasteiger partial charge in [0.1, 0.15) is 6.33 Å². The summed E-state index contributed by atoms with van der Waals surface area (Å²) < 4.78 is 1.94. The maximum absolute atomic E-state index is 4.52. The lowest BCUT2D eigenvalue weighted by atomic mass is 10.0. The van der Waals surface area contributed by atoms with Gasteiger partial charge in [-0.05, 0) is 18.4 Å². The lowest BCUT2D eigenvalue weighted by Gasteiger charge is -2.26. The molecule has 106 valence electrons. The van der Waals surface area contributed by atoms with E-state index in [-0.39, 0.29) is 0 Å². The Labute approximate surface area is 123 Å². The van der Waals surface area contributed by atoms with Crippen LogP contribution in [0.3, 0.4) is 0 Å². The number of hydrogen-bond donors (Lipinski definition) is 0. The first-order chi connectivity index (χ1) is 10.3. The predicted molar refractivity (Wildman–Crippen MR) is 82.1 cm³/mol. The summed E-state index contributed by atoms with van der Waals surface area (Å²) >= 11 is 0. The maximum atomic E-state index is 4.52. The van der Waals surface area contributed by atoms with Crippen LogP contribution in [0.2, 0.25) is 0 Å². The van der Waals surface area contributed by atoms with Gasteiger partial charge in [0.15, 0.2) is 17.0 Å². The molecule has 5 nitrogen and oxygen atoms in total. The van der Waals surface area contributed by atoms with Crippen LogP contribution in [0.4, 0.5) is 5.82 Å². The minimum absolute atomic E-state index is 0.381. The van der Waals surface area contributed by atoms with Gasteiger partial charge in [0.05, 0.1) is 12.4 Å². The molecule has 3 heterocycles. The molecule has 1 aliphatic rings. The van der Waals surface area contributed by atoms with Crippen molar-refractivity contribution in [2.75, 3.05) is 11.4 Å². The van der Waals surface area contributed by atoms with Gasteiger partial charge in [0, 0.05) is 13.6 Å². The molecule has 1 aliphatic heterocycles. The second-order valence-corrected chi connectivity index (χ2v) is 5.49. The van der Waals surface area contributed by atoms with Gasteiger partial charge < -0.3 is 9.47 Å². The SMILES string of the molecule is Cn1cnc2c(N3CCCC3c3ccccc3)ncnc21. The Morgan fingerprint density at radius 3 is 2.81 bits per heavy atom. The van der Waals surface area contributed by atoms with Crippen LogP contribution < -0.4 is 4.90 Å². The monoisotopic (exact) mass is 279 g/mol. The molecule has 2 aromatic heterocycles. The number of aryl methyl sites for hydroxylation is 1. The van der Waals surface area contributed by atoms with Crippen LogP contribution in [0, 0.1) is 0 Å². The Balaban J connectivity index is 1.80. The quantitative estimate of drug-likeness (QED) is 0.723. The van der Waals surface area contributed by atoms with E-state index in [4.69, 9.17) is 0 Å². The molecule has 0 radical (unpaired) electrons. The van der Waals surface area contributed by atoms with Crippen molar-refractivity contribution in [2.24, 2.45) is 7.05 Å². The summed E-state index contributed by atoms with van der Waals surface area (Å²) in [6.07, 6.45) is 5.77. The van der Waals surface area contributed by atoms with Gasteiger partial charge in [-0.15, -0.1) is 0 Å². The minimum Gasteiger partial charge on any atom is -0.348 e.